The third-order valence-electron chi connectivity index (χ3n) is 3.67. The number of halogens is 3. The lowest BCUT2D eigenvalue weighted by Gasteiger charge is -2.17. The molecular formula is C17H26Cl2FN. The van der Waals surface area contributed by atoms with Gasteiger partial charge in [-0.3, -0.25) is 0 Å². The van der Waals surface area contributed by atoms with Crippen LogP contribution in [-0.4, -0.2) is 6.54 Å². The molecule has 1 N–H and O–H groups in total. The number of rotatable bonds is 9. The van der Waals surface area contributed by atoms with Crippen molar-refractivity contribution >= 4 is 23.2 Å². The fraction of sp³-hybridized carbons (Fsp3) is 0.647. The summed E-state index contributed by atoms with van der Waals surface area (Å²) in [7, 11) is 0. The van der Waals surface area contributed by atoms with Crippen LogP contribution >= 0.6 is 23.2 Å². The smallest absolute Gasteiger partial charge is 0.142 e. The van der Waals surface area contributed by atoms with Crippen LogP contribution in [0.1, 0.15) is 64.5 Å². The van der Waals surface area contributed by atoms with Crippen LogP contribution in [0.3, 0.4) is 0 Å². The summed E-state index contributed by atoms with van der Waals surface area (Å²) in [5, 5.41) is 4.01. The highest BCUT2D eigenvalue weighted by Crippen LogP contribution is 2.32. The third kappa shape index (κ3) is 6.54. The van der Waals surface area contributed by atoms with E-state index in [2.05, 4.69) is 19.2 Å². The number of hydrogen-bond acceptors (Lipinski definition) is 1. The van der Waals surface area contributed by atoms with Crippen LogP contribution in [0.2, 0.25) is 10.0 Å². The molecule has 0 aliphatic rings. The van der Waals surface area contributed by atoms with Crippen molar-refractivity contribution in [2.24, 2.45) is 5.92 Å². The van der Waals surface area contributed by atoms with Crippen LogP contribution in [0.15, 0.2) is 12.1 Å². The first-order chi connectivity index (χ1) is 9.93. The van der Waals surface area contributed by atoms with Crippen LogP contribution in [-0.2, 0) is 0 Å². The summed E-state index contributed by atoms with van der Waals surface area (Å²) < 4.78 is 13.5. The zero-order valence-corrected chi connectivity index (χ0v) is 14.7. The first-order valence-electron chi connectivity index (χ1n) is 7.80. The first-order valence-corrected chi connectivity index (χ1v) is 8.55. The topological polar surface area (TPSA) is 12.0 Å². The van der Waals surface area contributed by atoms with Crippen molar-refractivity contribution < 1.29 is 4.39 Å². The highest BCUT2D eigenvalue weighted by atomic mass is 35.5. The Morgan fingerprint density at radius 3 is 2.38 bits per heavy atom. The molecule has 120 valence electrons. The molecule has 0 aromatic heterocycles. The number of benzene rings is 1. The van der Waals surface area contributed by atoms with E-state index in [0.29, 0.717) is 10.6 Å². The van der Waals surface area contributed by atoms with E-state index in [1.165, 1.54) is 31.7 Å². The summed E-state index contributed by atoms with van der Waals surface area (Å²) in [5.41, 5.74) is 0.651. The van der Waals surface area contributed by atoms with Gasteiger partial charge in [0.1, 0.15) is 5.82 Å². The molecule has 1 atom stereocenters. The van der Waals surface area contributed by atoms with Crippen molar-refractivity contribution in [3.05, 3.63) is 33.6 Å². The molecule has 0 aliphatic carbocycles. The zero-order valence-electron chi connectivity index (χ0n) is 13.2. The van der Waals surface area contributed by atoms with Gasteiger partial charge in [0.05, 0.1) is 5.02 Å². The highest BCUT2D eigenvalue weighted by Gasteiger charge is 2.16. The minimum absolute atomic E-state index is 0.0450. The molecular weight excluding hydrogens is 308 g/mol. The van der Waals surface area contributed by atoms with E-state index >= 15 is 0 Å². The number of unbranched alkanes of at least 4 members (excludes halogenated alkanes) is 3. The van der Waals surface area contributed by atoms with Crippen molar-refractivity contribution in [1.29, 1.82) is 0 Å². The maximum Gasteiger partial charge on any atom is 0.142 e. The first kappa shape index (κ1) is 18.7. The van der Waals surface area contributed by atoms with Crippen molar-refractivity contribution in [2.75, 3.05) is 6.54 Å². The molecule has 1 aromatic rings. The summed E-state index contributed by atoms with van der Waals surface area (Å²) in [6.07, 6.45) is 6.22. The van der Waals surface area contributed by atoms with Gasteiger partial charge in [0.15, 0.2) is 0 Å². The lowest BCUT2D eigenvalue weighted by Crippen LogP contribution is -2.20. The van der Waals surface area contributed by atoms with Gasteiger partial charge in [0.2, 0.25) is 0 Å². The van der Waals surface area contributed by atoms with Gasteiger partial charge in [0, 0.05) is 16.6 Å². The Balaban J connectivity index is 2.32. The largest absolute Gasteiger partial charge is 0.310 e. The Morgan fingerprint density at radius 1 is 1.05 bits per heavy atom. The summed E-state index contributed by atoms with van der Waals surface area (Å²) in [6, 6.07) is 2.81. The second-order valence-electron chi connectivity index (χ2n) is 6.03. The van der Waals surface area contributed by atoms with Crippen molar-refractivity contribution in [2.45, 2.75) is 58.9 Å². The van der Waals surface area contributed by atoms with Crippen LogP contribution in [0, 0.1) is 11.7 Å². The molecule has 0 saturated carbocycles. The summed E-state index contributed by atoms with van der Waals surface area (Å²) >= 11 is 12.1. The SMILES string of the molecule is CC(C)CCCCCCNC(C)c1c(Cl)ccc(F)c1Cl. The Labute approximate surface area is 138 Å². The molecule has 0 spiro atoms. The van der Waals surface area contributed by atoms with Crippen LogP contribution in [0.25, 0.3) is 0 Å². The average molecular weight is 334 g/mol. The standard InChI is InChI=1S/C17H26Cl2FN/c1-12(2)8-6-4-5-7-11-21-13(3)16-14(18)9-10-15(20)17(16)19/h9-10,12-13,21H,4-8,11H2,1-3H3. The fourth-order valence-electron chi connectivity index (χ4n) is 2.39. The second kappa shape index (κ2) is 9.66. The molecule has 0 amide bonds. The average Bonchev–Trinajstić information content (AvgIpc) is 2.42. The molecule has 1 nitrogen and oxygen atoms in total. The minimum Gasteiger partial charge on any atom is -0.310 e. The van der Waals surface area contributed by atoms with Gasteiger partial charge < -0.3 is 5.32 Å². The molecule has 21 heavy (non-hydrogen) atoms. The predicted octanol–water partition coefficient (Wildman–Crippen LogP) is 6.39. The Morgan fingerprint density at radius 2 is 1.71 bits per heavy atom. The second-order valence-corrected chi connectivity index (χ2v) is 6.81. The summed E-state index contributed by atoms with van der Waals surface area (Å²) in [5.74, 6) is 0.374. The molecule has 4 heteroatoms. The quantitative estimate of drug-likeness (QED) is 0.407. The van der Waals surface area contributed by atoms with Crippen molar-refractivity contribution in [3.8, 4) is 0 Å². The van der Waals surface area contributed by atoms with E-state index < -0.39 is 5.82 Å². The molecule has 0 saturated heterocycles. The van der Waals surface area contributed by atoms with Gasteiger partial charge in [-0.25, -0.2) is 4.39 Å². The lowest BCUT2D eigenvalue weighted by molar-refractivity contribution is 0.498. The van der Waals surface area contributed by atoms with Gasteiger partial charge in [-0.2, -0.15) is 0 Å². The zero-order chi connectivity index (χ0) is 15.8. The lowest BCUT2D eigenvalue weighted by atomic mass is 10.0. The normalized spacial score (nSPS) is 12.9. The number of nitrogens with one attached hydrogen (secondary N) is 1. The molecule has 0 fully saturated rings. The van der Waals surface area contributed by atoms with E-state index in [9.17, 15) is 4.39 Å². The van der Waals surface area contributed by atoms with E-state index in [0.717, 1.165) is 18.9 Å². The van der Waals surface area contributed by atoms with E-state index in [1.807, 2.05) is 6.92 Å². The molecule has 0 aliphatic heterocycles. The van der Waals surface area contributed by atoms with Gasteiger partial charge in [-0.05, 0) is 37.9 Å². The van der Waals surface area contributed by atoms with Gasteiger partial charge in [-0.15, -0.1) is 0 Å². The maximum absolute atomic E-state index is 13.5. The summed E-state index contributed by atoms with van der Waals surface area (Å²) in [6.45, 7) is 7.38. The van der Waals surface area contributed by atoms with E-state index in [1.54, 1.807) is 6.07 Å². The Bertz CT molecular complexity index is 435. The van der Waals surface area contributed by atoms with Gasteiger partial charge >= 0.3 is 0 Å². The van der Waals surface area contributed by atoms with E-state index in [4.69, 9.17) is 23.2 Å². The Hall–Kier alpha value is -0.310. The van der Waals surface area contributed by atoms with E-state index in [-0.39, 0.29) is 11.1 Å². The fourth-order valence-corrected chi connectivity index (χ4v) is 3.09. The highest BCUT2D eigenvalue weighted by molar-refractivity contribution is 6.36. The van der Waals surface area contributed by atoms with Crippen LogP contribution < -0.4 is 5.32 Å². The van der Waals surface area contributed by atoms with Gasteiger partial charge in [0.25, 0.3) is 0 Å². The minimum atomic E-state index is -0.418. The van der Waals surface area contributed by atoms with Crippen molar-refractivity contribution in [3.63, 3.8) is 0 Å². The molecule has 0 radical (unpaired) electrons. The summed E-state index contributed by atoms with van der Waals surface area (Å²) in [4.78, 5) is 0. The Kier molecular flexibility index (Phi) is 8.62. The van der Waals surface area contributed by atoms with Crippen LogP contribution in [0.4, 0.5) is 4.39 Å². The molecule has 1 rings (SSSR count). The molecule has 1 unspecified atom stereocenters. The molecule has 1 aromatic carbocycles. The molecule has 0 heterocycles. The maximum atomic E-state index is 13.5. The third-order valence-corrected chi connectivity index (χ3v) is 4.38. The monoisotopic (exact) mass is 333 g/mol. The van der Waals surface area contributed by atoms with Gasteiger partial charge in [-0.1, -0.05) is 62.7 Å². The number of hydrogen-bond donors (Lipinski definition) is 1. The molecule has 0 bridgehead atoms. The predicted molar refractivity (Wildman–Crippen MR) is 90.8 cm³/mol. The van der Waals surface area contributed by atoms with Crippen molar-refractivity contribution in [1.82, 2.24) is 5.32 Å². The van der Waals surface area contributed by atoms with Crippen LogP contribution in [0.5, 0.6) is 0 Å².